The number of benzene rings is 1. The number of nitrogens with zero attached hydrogens (tertiary/aromatic N) is 4. The van der Waals surface area contributed by atoms with Gasteiger partial charge in [-0.1, -0.05) is 35.3 Å². The number of nitrogens with one attached hydrogen (secondary N) is 4. The van der Waals surface area contributed by atoms with Crippen LogP contribution < -0.4 is 10.6 Å². The second kappa shape index (κ2) is 11.1. The molecule has 4 aliphatic heterocycles. The Morgan fingerprint density at radius 2 is 1.18 bits per heavy atom. The summed E-state index contributed by atoms with van der Waals surface area (Å²) in [7, 11) is 4.32. The molecule has 4 spiro atoms. The van der Waals surface area contributed by atoms with E-state index in [0.29, 0.717) is 10.2 Å². The number of aromatic amines is 2. The number of aromatic nitrogens is 4. The quantitative estimate of drug-likeness (QED) is 0.149. The molecular weight excluding hydrogens is 743 g/mol. The molecule has 284 valence electrons. The van der Waals surface area contributed by atoms with Crippen molar-refractivity contribution in [3.05, 3.63) is 104 Å². The number of halogens is 2. The molecule has 2 amide bonds. The Kier molecular flexibility index (Phi) is 6.68. The number of hydrogen-bond donors (Lipinski definition) is 4. The van der Waals surface area contributed by atoms with Gasteiger partial charge in [0.25, 0.3) is 11.8 Å². The standard InChI is InChI=1S/C25H23ClN4O.C19H19ClN4O/c1-30-12-24(13-30)22-20(23(31)29-25(24)7-8-25)17-6-5-15-11-27-19(10-18(15)21(17)28-22)14-3-2-4-16(26)9-14;1-24-8-18(9-24)16-14(17(25)23-19(18)4-5-19)11-3-2-10-7-21-13(20)6-12(10)15(11)22-16/h2-4,9-11,28H,5-8,12-13H2,1H3,(H,29,31);6-7,22H,2-5,8-9H2,1H3,(H,23,25). The molecule has 12 heteroatoms. The molecule has 4 N–H and O–H groups in total. The number of carbonyl (C=O) groups is 2. The molecule has 4 fully saturated rings. The summed E-state index contributed by atoms with van der Waals surface area (Å²) >= 11 is 12.4. The molecule has 0 atom stereocenters. The summed E-state index contributed by atoms with van der Waals surface area (Å²) in [6, 6.07) is 11.9. The molecule has 5 aromatic rings. The number of H-pyrrole nitrogens is 2. The maximum absolute atomic E-state index is 13.2. The molecule has 13 rings (SSSR count). The Bertz CT molecular complexity index is 2590. The average Bonchev–Trinajstić information content (AvgIpc) is 4.03. The third-order valence-electron chi connectivity index (χ3n) is 14.7. The zero-order chi connectivity index (χ0) is 37.9. The minimum Gasteiger partial charge on any atom is -0.357 e. The van der Waals surface area contributed by atoms with Crippen LogP contribution in [0.25, 0.3) is 33.8 Å². The van der Waals surface area contributed by atoms with E-state index in [-0.39, 0.29) is 33.7 Å². The van der Waals surface area contributed by atoms with Crippen molar-refractivity contribution in [1.82, 2.24) is 40.4 Å². The van der Waals surface area contributed by atoms with Gasteiger partial charge in [0, 0.05) is 71.7 Å². The lowest BCUT2D eigenvalue weighted by Crippen LogP contribution is -2.71. The van der Waals surface area contributed by atoms with Crippen LogP contribution in [0.1, 0.15) is 80.0 Å². The van der Waals surface area contributed by atoms with Crippen LogP contribution in [0.4, 0.5) is 0 Å². The Morgan fingerprint density at radius 3 is 1.68 bits per heavy atom. The molecule has 2 saturated carbocycles. The van der Waals surface area contributed by atoms with E-state index in [1.165, 1.54) is 27.9 Å². The second-order valence-corrected chi connectivity index (χ2v) is 18.8. The zero-order valence-corrected chi connectivity index (χ0v) is 33.0. The number of pyridine rings is 2. The summed E-state index contributed by atoms with van der Waals surface area (Å²) in [6.07, 6.45) is 11.7. The van der Waals surface area contributed by atoms with E-state index in [1.54, 1.807) is 0 Å². The fourth-order valence-corrected chi connectivity index (χ4v) is 12.1. The van der Waals surface area contributed by atoms with E-state index >= 15 is 0 Å². The lowest BCUT2D eigenvalue weighted by molar-refractivity contribution is 0.0338. The summed E-state index contributed by atoms with van der Waals surface area (Å²) in [4.78, 5) is 47.4. The fraction of sp³-hybridized carbons (Fsp3) is 0.409. The first-order valence-corrected chi connectivity index (χ1v) is 20.7. The SMILES string of the molecule is CN1CC2(C1)c1[nH]c3c(c1C(=O)NC21CC1)CCc1cnc(-c2cccc(Cl)c2)cc1-3.CN1CC2(C1)c1[nH]c3c(c1C(=O)NC21CC1)CCc1cnc(Cl)cc1-3. The van der Waals surface area contributed by atoms with Crippen LogP contribution in [0.2, 0.25) is 10.2 Å². The molecule has 10 nitrogen and oxygen atoms in total. The summed E-state index contributed by atoms with van der Waals surface area (Å²) in [5, 5.41) is 8.02. The topological polar surface area (TPSA) is 122 Å². The zero-order valence-electron chi connectivity index (χ0n) is 31.5. The smallest absolute Gasteiger partial charge is 0.253 e. The highest BCUT2D eigenvalue weighted by atomic mass is 35.5. The maximum Gasteiger partial charge on any atom is 0.253 e. The van der Waals surface area contributed by atoms with Crippen LogP contribution in [0, 0.1) is 0 Å². The van der Waals surface area contributed by atoms with E-state index in [0.717, 1.165) is 128 Å². The third kappa shape index (κ3) is 4.36. The van der Waals surface area contributed by atoms with E-state index < -0.39 is 0 Å². The number of hydrogen-bond acceptors (Lipinski definition) is 6. The van der Waals surface area contributed by atoms with Crippen molar-refractivity contribution in [2.75, 3.05) is 40.3 Å². The minimum atomic E-state index is -0.0515. The van der Waals surface area contributed by atoms with Crippen molar-refractivity contribution in [2.24, 2.45) is 0 Å². The van der Waals surface area contributed by atoms with Gasteiger partial charge in [-0.25, -0.2) is 4.98 Å². The van der Waals surface area contributed by atoms with E-state index in [1.807, 2.05) is 42.7 Å². The van der Waals surface area contributed by atoms with Gasteiger partial charge in [-0.2, -0.15) is 0 Å². The van der Waals surface area contributed by atoms with Crippen LogP contribution in [0.5, 0.6) is 0 Å². The van der Waals surface area contributed by atoms with Crippen LogP contribution >= 0.6 is 23.2 Å². The molecule has 8 heterocycles. The molecule has 0 unspecified atom stereocenters. The molecule has 0 radical (unpaired) electrons. The van der Waals surface area contributed by atoms with Crippen molar-refractivity contribution in [1.29, 1.82) is 0 Å². The Morgan fingerprint density at radius 1 is 0.661 bits per heavy atom. The van der Waals surface area contributed by atoms with Crippen LogP contribution in [0.15, 0.2) is 48.8 Å². The first-order valence-electron chi connectivity index (χ1n) is 20.0. The van der Waals surface area contributed by atoms with Crippen molar-refractivity contribution in [2.45, 2.75) is 73.3 Å². The maximum atomic E-state index is 13.2. The number of carbonyl (C=O) groups excluding carboxylic acids is 2. The normalized spacial score (nSPS) is 22.9. The first-order chi connectivity index (χ1) is 27.0. The van der Waals surface area contributed by atoms with E-state index in [4.69, 9.17) is 28.2 Å². The number of amides is 2. The van der Waals surface area contributed by atoms with Crippen molar-refractivity contribution < 1.29 is 9.59 Å². The fourth-order valence-electron chi connectivity index (χ4n) is 11.8. The van der Waals surface area contributed by atoms with E-state index in [2.05, 4.69) is 55.5 Å². The summed E-state index contributed by atoms with van der Waals surface area (Å²) in [5.74, 6) is 0.214. The van der Waals surface area contributed by atoms with Gasteiger partial charge in [-0.15, -0.1) is 0 Å². The third-order valence-corrected chi connectivity index (χ3v) is 15.1. The number of aryl methyl sites for hydroxylation is 2. The highest BCUT2D eigenvalue weighted by molar-refractivity contribution is 6.31. The van der Waals surface area contributed by atoms with Gasteiger partial charge in [0.05, 0.1) is 50.1 Å². The number of likely N-dealkylation sites (N-methyl/N-ethyl adjacent to an activating group) is 2. The molecule has 1 aromatic carbocycles. The second-order valence-electron chi connectivity index (χ2n) is 17.9. The van der Waals surface area contributed by atoms with Gasteiger partial charge >= 0.3 is 0 Å². The van der Waals surface area contributed by atoms with Crippen molar-refractivity contribution >= 4 is 35.0 Å². The Labute approximate surface area is 334 Å². The molecule has 4 aliphatic carbocycles. The summed E-state index contributed by atoms with van der Waals surface area (Å²) in [5.41, 5.74) is 15.3. The molecule has 8 aliphatic rings. The monoisotopic (exact) mass is 784 g/mol. The van der Waals surface area contributed by atoms with Gasteiger partial charge in [0.1, 0.15) is 5.15 Å². The molecule has 0 bridgehead atoms. The predicted octanol–water partition coefficient (Wildman–Crippen LogP) is 6.24. The average molecular weight is 786 g/mol. The highest BCUT2D eigenvalue weighted by Crippen LogP contribution is 2.61. The van der Waals surface area contributed by atoms with Gasteiger partial charge in [0.2, 0.25) is 0 Å². The molecule has 2 saturated heterocycles. The summed E-state index contributed by atoms with van der Waals surface area (Å²) in [6.45, 7) is 4.00. The number of fused-ring (bicyclic) bond motifs is 14. The van der Waals surface area contributed by atoms with Gasteiger partial charge < -0.3 is 30.4 Å². The van der Waals surface area contributed by atoms with Crippen molar-refractivity contribution in [3.63, 3.8) is 0 Å². The highest BCUT2D eigenvalue weighted by Gasteiger charge is 2.70. The first kappa shape index (κ1) is 33.6. The van der Waals surface area contributed by atoms with Crippen molar-refractivity contribution in [3.8, 4) is 33.8 Å². The summed E-state index contributed by atoms with van der Waals surface area (Å²) < 4.78 is 0. The van der Waals surface area contributed by atoms with Crippen LogP contribution in [-0.4, -0.2) is 92.9 Å². The van der Waals surface area contributed by atoms with Gasteiger partial charge in [-0.3, -0.25) is 14.6 Å². The Hall–Kier alpha value is -4.48. The predicted molar refractivity (Wildman–Crippen MR) is 216 cm³/mol. The lowest BCUT2D eigenvalue weighted by Gasteiger charge is -2.55. The van der Waals surface area contributed by atoms with Crippen LogP contribution in [-0.2, 0) is 36.5 Å². The number of rotatable bonds is 1. The molecular formula is C44H42Cl2N8O2. The van der Waals surface area contributed by atoms with E-state index in [9.17, 15) is 9.59 Å². The molecule has 4 aromatic heterocycles. The largest absolute Gasteiger partial charge is 0.357 e. The van der Waals surface area contributed by atoms with Gasteiger partial charge in [-0.05, 0) is 112 Å². The number of likely N-dealkylation sites (tertiary alicyclic amines) is 2. The lowest BCUT2D eigenvalue weighted by atomic mass is 9.65. The Balaban J connectivity index is 0.000000126. The van der Waals surface area contributed by atoms with Gasteiger partial charge in [0.15, 0.2) is 0 Å². The molecule has 56 heavy (non-hydrogen) atoms. The van der Waals surface area contributed by atoms with Crippen LogP contribution in [0.3, 0.4) is 0 Å². The minimum absolute atomic E-state index is 0.0192.